The number of nitrogens with one attached hydrogen (secondary N) is 1. The molecule has 0 atom stereocenters. The van der Waals surface area contributed by atoms with E-state index in [4.69, 9.17) is 4.74 Å². The van der Waals surface area contributed by atoms with Crippen molar-refractivity contribution >= 4 is 9.84 Å². The van der Waals surface area contributed by atoms with Crippen LogP contribution in [0.15, 0.2) is 29.2 Å². The molecule has 0 aliphatic heterocycles. The van der Waals surface area contributed by atoms with Gasteiger partial charge in [0.1, 0.15) is 12.4 Å². The molecular weight excluding hydrogens is 238 g/mol. The Morgan fingerprint density at radius 2 is 2.06 bits per heavy atom. The monoisotopic (exact) mass is 257 g/mol. The van der Waals surface area contributed by atoms with Gasteiger partial charge in [0.05, 0.1) is 4.90 Å². The molecule has 0 fully saturated rings. The zero-order valence-corrected chi connectivity index (χ0v) is 11.3. The van der Waals surface area contributed by atoms with Gasteiger partial charge in [0.2, 0.25) is 0 Å². The lowest BCUT2D eigenvalue weighted by atomic mass is 10.3. The summed E-state index contributed by atoms with van der Waals surface area (Å²) in [6.45, 7) is 5.38. The summed E-state index contributed by atoms with van der Waals surface area (Å²) in [7, 11) is -3.16. The first-order chi connectivity index (χ1) is 7.89. The maximum Gasteiger partial charge on any atom is 0.175 e. The summed E-state index contributed by atoms with van der Waals surface area (Å²) < 4.78 is 28.1. The Balaban J connectivity index is 2.55. The normalized spacial score (nSPS) is 11.8. The van der Waals surface area contributed by atoms with Crippen molar-refractivity contribution in [2.45, 2.75) is 24.8 Å². The molecule has 0 radical (unpaired) electrons. The SMILES string of the molecule is CC(C)NCCOc1cccc(S(C)(=O)=O)c1. The second-order valence-corrected chi connectivity index (χ2v) is 6.22. The van der Waals surface area contributed by atoms with Gasteiger partial charge in [0, 0.05) is 18.8 Å². The topological polar surface area (TPSA) is 55.4 Å². The number of benzene rings is 1. The van der Waals surface area contributed by atoms with E-state index in [0.29, 0.717) is 18.4 Å². The van der Waals surface area contributed by atoms with Crippen molar-refractivity contribution in [3.05, 3.63) is 24.3 Å². The zero-order chi connectivity index (χ0) is 12.9. The second kappa shape index (κ2) is 6.02. The van der Waals surface area contributed by atoms with Crippen LogP contribution in [0, 0.1) is 0 Å². The molecule has 0 amide bonds. The van der Waals surface area contributed by atoms with Crippen LogP contribution in [0.3, 0.4) is 0 Å². The molecule has 0 aliphatic carbocycles. The molecule has 0 unspecified atom stereocenters. The van der Waals surface area contributed by atoms with Gasteiger partial charge >= 0.3 is 0 Å². The molecule has 0 bridgehead atoms. The molecule has 1 N–H and O–H groups in total. The Kier molecular flexibility index (Phi) is 4.96. The summed E-state index contributed by atoms with van der Waals surface area (Å²) in [4.78, 5) is 0.284. The summed E-state index contributed by atoms with van der Waals surface area (Å²) in [6, 6.07) is 6.96. The van der Waals surface area contributed by atoms with Gasteiger partial charge in [0.25, 0.3) is 0 Å². The van der Waals surface area contributed by atoms with Crippen molar-refractivity contribution in [1.82, 2.24) is 5.32 Å². The lowest BCUT2D eigenvalue weighted by Gasteiger charge is -2.10. The molecule has 0 heterocycles. The van der Waals surface area contributed by atoms with Crippen LogP contribution in [-0.4, -0.2) is 33.9 Å². The Bertz CT molecular complexity index is 455. The van der Waals surface area contributed by atoms with Crippen LogP contribution >= 0.6 is 0 Å². The lowest BCUT2D eigenvalue weighted by Crippen LogP contribution is -2.27. The van der Waals surface area contributed by atoms with Gasteiger partial charge in [-0.25, -0.2) is 8.42 Å². The Labute approximate surface area is 103 Å². The van der Waals surface area contributed by atoms with Gasteiger partial charge in [-0.2, -0.15) is 0 Å². The largest absolute Gasteiger partial charge is 0.492 e. The first-order valence-corrected chi connectivity index (χ1v) is 7.45. The van der Waals surface area contributed by atoms with E-state index >= 15 is 0 Å². The molecule has 17 heavy (non-hydrogen) atoms. The van der Waals surface area contributed by atoms with Crippen LogP contribution in [0.4, 0.5) is 0 Å². The average Bonchev–Trinajstić information content (AvgIpc) is 2.23. The predicted molar refractivity (Wildman–Crippen MR) is 68.2 cm³/mol. The molecule has 1 rings (SSSR count). The van der Waals surface area contributed by atoms with E-state index < -0.39 is 9.84 Å². The van der Waals surface area contributed by atoms with Gasteiger partial charge in [-0.3, -0.25) is 0 Å². The van der Waals surface area contributed by atoms with Crippen LogP contribution in [0.5, 0.6) is 5.75 Å². The van der Waals surface area contributed by atoms with Gasteiger partial charge in [-0.05, 0) is 18.2 Å². The molecule has 0 spiro atoms. The number of sulfone groups is 1. The molecular formula is C12H19NO3S. The average molecular weight is 257 g/mol. The minimum atomic E-state index is -3.16. The Hall–Kier alpha value is -1.07. The predicted octanol–water partition coefficient (Wildman–Crippen LogP) is 1.47. The highest BCUT2D eigenvalue weighted by Crippen LogP contribution is 2.16. The number of ether oxygens (including phenoxy) is 1. The fraction of sp³-hybridized carbons (Fsp3) is 0.500. The van der Waals surface area contributed by atoms with E-state index in [-0.39, 0.29) is 4.90 Å². The number of rotatable bonds is 6. The van der Waals surface area contributed by atoms with E-state index in [1.807, 2.05) is 0 Å². The Morgan fingerprint density at radius 1 is 1.35 bits per heavy atom. The van der Waals surface area contributed by atoms with Crippen molar-refractivity contribution in [3.8, 4) is 5.75 Å². The van der Waals surface area contributed by atoms with Gasteiger partial charge in [-0.1, -0.05) is 19.9 Å². The van der Waals surface area contributed by atoms with Crippen molar-refractivity contribution < 1.29 is 13.2 Å². The maximum atomic E-state index is 11.3. The van der Waals surface area contributed by atoms with Crippen LogP contribution in [0.25, 0.3) is 0 Å². The van der Waals surface area contributed by atoms with E-state index in [9.17, 15) is 8.42 Å². The van der Waals surface area contributed by atoms with Gasteiger partial charge in [-0.15, -0.1) is 0 Å². The maximum absolute atomic E-state index is 11.3. The standard InChI is InChI=1S/C12H19NO3S/c1-10(2)13-7-8-16-11-5-4-6-12(9-11)17(3,14)15/h4-6,9-10,13H,7-8H2,1-3H3. The molecule has 5 heteroatoms. The molecule has 1 aromatic rings. The smallest absolute Gasteiger partial charge is 0.175 e. The lowest BCUT2D eigenvalue weighted by molar-refractivity contribution is 0.308. The third-order valence-electron chi connectivity index (χ3n) is 2.16. The van der Waals surface area contributed by atoms with Crippen LogP contribution < -0.4 is 10.1 Å². The molecule has 0 saturated heterocycles. The molecule has 96 valence electrons. The van der Waals surface area contributed by atoms with E-state index in [2.05, 4.69) is 19.2 Å². The summed E-state index contributed by atoms with van der Waals surface area (Å²) in [6.07, 6.45) is 1.19. The fourth-order valence-electron chi connectivity index (χ4n) is 1.31. The third-order valence-corrected chi connectivity index (χ3v) is 3.27. The van der Waals surface area contributed by atoms with Crippen molar-refractivity contribution in [2.24, 2.45) is 0 Å². The van der Waals surface area contributed by atoms with Crippen molar-refractivity contribution in [1.29, 1.82) is 0 Å². The first kappa shape index (κ1) is 14.0. The van der Waals surface area contributed by atoms with Crippen LogP contribution in [0.1, 0.15) is 13.8 Å². The minimum absolute atomic E-state index is 0.284. The highest BCUT2D eigenvalue weighted by molar-refractivity contribution is 7.90. The summed E-state index contributed by atoms with van der Waals surface area (Å²) in [5.41, 5.74) is 0. The molecule has 0 aromatic heterocycles. The highest BCUT2D eigenvalue weighted by Gasteiger charge is 2.07. The first-order valence-electron chi connectivity index (χ1n) is 5.56. The second-order valence-electron chi connectivity index (χ2n) is 4.20. The Morgan fingerprint density at radius 3 is 2.65 bits per heavy atom. The zero-order valence-electron chi connectivity index (χ0n) is 10.4. The molecule has 0 saturated carbocycles. The van der Waals surface area contributed by atoms with E-state index in [1.165, 1.54) is 6.26 Å². The number of hydrogen-bond donors (Lipinski definition) is 1. The summed E-state index contributed by atoms with van der Waals surface area (Å²) in [5, 5.41) is 3.22. The van der Waals surface area contributed by atoms with Crippen LogP contribution in [-0.2, 0) is 9.84 Å². The summed E-state index contributed by atoms with van der Waals surface area (Å²) >= 11 is 0. The number of hydrogen-bond acceptors (Lipinski definition) is 4. The molecule has 1 aromatic carbocycles. The van der Waals surface area contributed by atoms with Crippen LogP contribution in [0.2, 0.25) is 0 Å². The van der Waals surface area contributed by atoms with E-state index in [0.717, 1.165) is 6.54 Å². The van der Waals surface area contributed by atoms with Crippen molar-refractivity contribution in [2.75, 3.05) is 19.4 Å². The van der Waals surface area contributed by atoms with E-state index in [1.54, 1.807) is 24.3 Å². The van der Waals surface area contributed by atoms with Gasteiger partial charge < -0.3 is 10.1 Å². The molecule has 0 aliphatic rings. The van der Waals surface area contributed by atoms with Gasteiger partial charge in [0.15, 0.2) is 9.84 Å². The van der Waals surface area contributed by atoms with Crippen molar-refractivity contribution in [3.63, 3.8) is 0 Å². The molecule has 4 nitrogen and oxygen atoms in total. The fourth-order valence-corrected chi connectivity index (χ4v) is 1.97. The highest BCUT2D eigenvalue weighted by atomic mass is 32.2. The summed E-state index contributed by atoms with van der Waals surface area (Å²) in [5.74, 6) is 0.582. The third kappa shape index (κ3) is 5.19. The minimum Gasteiger partial charge on any atom is -0.492 e. The quantitative estimate of drug-likeness (QED) is 0.784.